The van der Waals surface area contributed by atoms with E-state index in [2.05, 4.69) is 35.1 Å². The number of Topliss-reactive ketones (excluding diaryl/α,β-unsaturated/α-hetero) is 1. The van der Waals surface area contributed by atoms with E-state index in [0.29, 0.717) is 18.6 Å². The van der Waals surface area contributed by atoms with Crippen LogP contribution in [0.4, 0.5) is 0 Å². The molecule has 1 aliphatic carbocycles. The Hall–Kier alpha value is -1.80. The van der Waals surface area contributed by atoms with Crippen molar-refractivity contribution in [3.63, 3.8) is 0 Å². The molecule has 0 radical (unpaired) electrons. The van der Waals surface area contributed by atoms with Gasteiger partial charge in [0.2, 0.25) is 0 Å². The number of carbonyl (C=O) groups is 2. The summed E-state index contributed by atoms with van der Waals surface area (Å²) < 4.78 is 4.63. The van der Waals surface area contributed by atoms with Gasteiger partial charge in [-0.25, -0.2) is 0 Å². The maximum atomic E-state index is 12.6. The summed E-state index contributed by atoms with van der Waals surface area (Å²) in [6.07, 6.45) is 5.80. The van der Waals surface area contributed by atoms with E-state index in [-0.39, 0.29) is 35.4 Å². The lowest BCUT2D eigenvalue weighted by Crippen LogP contribution is -2.21. The highest BCUT2D eigenvalue weighted by Crippen LogP contribution is 2.38. The number of methoxy groups -OCH3 is 1. The van der Waals surface area contributed by atoms with Crippen molar-refractivity contribution >= 4 is 46.0 Å². The predicted molar refractivity (Wildman–Crippen MR) is 141 cm³/mol. The summed E-state index contributed by atoms with van der Waals surface area (Å²) >= 11 is 3.16. The molecule has 34 heavy (non-hydrogen) atoms. The molecule has 7 heteroatoms. The SMILES string of the molecule is COC(=O)CSCCCS[C@H]1C(=O)CC(CO)C1C=C[C@@H](O)CCc1ccc2ccccc2c1. The van der Waals surface area contributed by atoms with E-state index in [9.17, 15) is 19.8 Å². The van der Waals surface area contributed by atoms with E-state index in [1.807, 2.05) is 18.2 Å². The number of thioether (sulfide) groups is 2. The predicted octanol–water partition coefficient (Wildman–Crippen LogP) is 4.29. The second-order valence-corrected chi connectivity index (χ2v) is 11.0. The molecule has 0 spiro atoms. The summed E-state index contributed by atoms with van der Waals surface area (Å²) in [5.74, 6) is 1.78. The van der Waals surface area contributed by atoms with E-state index < -0.39 is 6.10 Å². The molecule has 2 N–H and O–H groups in total. The molecule has 3 rings (SSSR count). The molecule has 5 nitrogen and oxygen atoms in total. The quantitative estimate of drug-likeness (QED) is 0.240. The molecular weight excluding hydrogens is 468 g/mol. The lowest BCUT2D eigenvalue weighted by Gasteiger charge is -2.19. The maximum absolute atomic E-state index is 12.6. The number of fused-ring (bicyclic) bond motifs is 1. The molecule has 1 aliphatic rings. The van der Waals surface area contributed by atoms with Crippen molar-refractivity contribution in [2.24, 2.45) is 11.8 Å². The van der Waals surface area contributed by atoms with Crippen LogP contribution in [0.3, 0.4) is 0 Å². The Morgan fingerprint density at radius 3 is 2.76 bits per heavy atom. The van der Waals surface area contributed by atoms with E-state index in [1.54, 1.807) is 17.8 Å². The third kappa shape index (κ3) is 7.87. The van der Waals surface area contributed by atoms with Gasteiger partial charge in [0, 0.05) is 18.9 Å². The molecule has 184 valence electrons. The van der Waals surface area contributed by atoms with Gasteiger partial charge in [-0.05, 0) is 53.0 Å². The Morgan fingerprint density at radius 2 is 2.00 bits per heavy atom. The van der Waals surface area contributed by atoms with Gasteiger partial charge in [-0.15, -0.1) is 11.8 Å². The Labute approximate surface area is 210 Å². The van der Waals surface area contributed by atoms with Crippen LogP contribution in [0, 0.1) is 11.8 Å². The van der Waals surface area contributed by atoms with Crippen molar-refractivity contribution in [1.82, 2.24) is 0 Å². The Balaban J connectivity index is 1.48. The van der Waals surface area contributed by atoms with Crippen molar-refractivity contribution in [3.8, 4) is 0 Å². The van der Waals surface area contributed by atoms with Crippen LogP contribution in [-0.2, 0) is 20.7 Å². The number of carbonyl (C=O) groups excluding carboxylic acids is 2. The highest BCUT2D eigenvalue weighted by Gasteiger charge is 2.40. The number of ether oxygens (including phenoxy) is 1. The van der Waals surface area contributed by atoms with E-state index in [0.717, 1.165) is 24.3 Å². The third-order valence-corrected chi connectivity index (χ3v) is 8.66. The van der Waals surface area contributed by atoms with Crippen LogP contribution in [0.1, 0.15) is 24.8 Å². The molecule has 0 saturated heterocycles. The molecule has 1 saturated carbocycles. The standard InChI is InChI=1S/C27H34O5S2/c1-32-26(31)18-33-13-4-14-34-27-24(22(17-28)16-25(27)30)12-11-23(29)10-8-19-7-9-20-5-2-3-6-21(20)15-19/h2-3,5-7,9,11-12,15,22-24,27-29H,4,8,10,13-14,16-18H2,1H3/t22?,23-,24?,27+/m0/s1. The normalized spacial score (nSPS) is 21.4. The highest BCUT2D eigenvalue weighted by atomic mass is 32.2. The number of aliphatic hydroxyl groups is 2. The molecule has 0 amide bonds. The monoisotopic (exact) mass is 502 g/mol. The zero-order valence-corrected chi connectivity index (χ0v) is 21.2. The minimum atomic E-state index is -0.595. The van der Waals surface area contributed by atoms with E-state index in [1.165, 1.54) is 35.2 Å². The van der Waals surface area contributed by atoms with Crippen molar-refractivity contribution in [1.29, 1.82) is 0 Å². The molecule has 2 aromatic carbocycles. The van der Waals surface area contributed by atoms with E-state index in [4.69, 9.17) is 0 Å². The summed E-state index contributed by atoms with van der Waals surface area (Å²) in [5.41, 5.74) is 1.19. The molecule has 0 aliphatic heterocycles. The fourth-order valence-corrected chi connectivity index (χ4v) is 6.61. The second kappa shape index (κ2) is 13.9. The largest absolute Gasteiger partial charge is 0.468 e. The van der Waals surface area contributed by atoms with Crippen molar-refractivity contribution in [2.45, 2.75) is 37.0 Å². The van der Waals surface area contributed by atoms with E-state index >= 15 is 0 Å². The second-order valence-electron chi connectivity index (χ2n) is 8.64. The first-order valence-corrected chi connectivity index (χ1v) is 14.0. The number of esters is 1. The highest BCUT2D eigenvalue weighted by molar-refractivity contribution is 8.01. The fourth-order valence-electron chi connectivity index (χ4n) is 4.27. The Kier molecular flexibility index (Phi) is 11.0. The fraction of sp³-hybridized carbons (Fsp3) is 0.481. The number of aliphatic hydroxyl groups excluding tert-OH is 2. The smallest absolute Gasteiger partial charge is 0.315 e. The molecular formula is C27H34O5S2. The average molecular weight is 503 g/mol. The molecule has 1 fully saturated rings. The summed E-state index contributed by atoms with van der Waals surface area (Å²) in [4.78, 5) is 23.7. The number of ketones is 1. The summed E-state index contributed by atoms with van der Waals surface area (Å²) in [6.45, 7) is -0.0278. The van der Waals surface area contributed by atoms with Crippen molar-refractivity contribution < 1.29 is 24.5 Å². The minimum Gasteiger partial charge on any atom is -0.468 e. The molecule has 0 bridgehead atoms. The number of benzene rings is 2. The van der Waals surface area contributed by atoms with Gasteiger partial charge in [-0.2, -0.15) is 11.8 Å². The van der Waals surface area contributed by atoms with Crippen LogP contribution in [0.2, 0.25) is 0 Å². The van der Waals surface area contributed by atoms with Crippen LogP contribution in [0.15, 0.2) is 54.6 Å². The Bertz CT molecular complexity index is 976. The number of rotatable bonds is 13. The number of aryl methyl sites for hydroxylation is 1. The van der Waals surface area contributed by atoms with Gasteiger partial charge < -0.3 is 14.9 Å². The lowest BCUT2D eigenvalue weighted by molar-refractivity contribution is -0.137. The van der Waals surface area contributed by atoms with Crippen LogP contribution in [0.5, 0.6) is 0 Å². The van der Waals surface area contributed by atoms with Gasteiger partial charge in [0.05, 0.1) is 24.2 Å². The summed E-state index contributed by atoms with van der Waals surface area (Å²) in [6, 6.07) is 14.6. The van der Waals surface area contributed by atoms with Gasteiger partial charge in [-0.3, -0.25) is 9.59 Å². The number of allylic oxidation sites excluding steroid dienone is 1. The van der Waals surface area contributed by atoms with Gasteiger partial charge in [0.15, 0.2) is 0 Å². The van der Waals surface area contributed by atoms with Gasteiger partial charge in [0.1, 0.15) is 5.78 Å². The Morgan fingerprint density at radius 1 is 1.21 bits per heavy atom. The first kappa shape index (κ1) is 26.8. The van der Waals surface area contributed by atoms with Gasteiger partial charge in [0.25, 0.3) is 0 Å². The molecule has 0 heterocycles. The first-order valence-electron chi connectivity index (χ1n) is 11.8. The molecule has 2 aromatic rings. The topological polar surface area (TPSA) is 83.8 Å². The van der Waals surface area contributed by atoms with Crippen LogP contribution < -0.4 is 0 Å². The average Bonchev–Trinajstić information content (AvgIpc) is 3.17. The molecule has 2 unspecified atom stereocenters. The minimum absolute atomic E-state index is 0.0278. The summed E-state index contributed by atoms with van der Waals surface area (Å²) in [7, 11) is 1.38. The van der Waals surface area contributed by atoms with Crippen LogP contribution >= 0.6 is 23.5 Å². The van der Waals surface area contributed by atoms with Crippen LogP contribution in [-0.4, -0.2) is 64.3 Å². The molecule has 0 aromatic heterocycles. The van der Waals surface area contributed by atoms with Gasteiger partial charge >= 0.3 is 5.97 Å². The van der Waals surface area contributed by atoms with Crippen molar-refractivity contribution in [3.05, 3.63) is 60.2 Å². The zero-order valence-electron chi connectivity index (χ0n) is 19.6. The molecule has 4 atom stereocenters. The summed E-state index contributed by atoms with van der Waals surface area (Å²) in [5, 5.41) is 22.6. The lowest BCUT2D eigenvalue weighted by atomic mass is 9.95. The first-order chi connectivity index (χ1) is 16.5. The van der Waals surface area contributed by atoms with Gasteiger partial charge in [-0.1, -0.05) is 54.6 Å². The third-order valence-electron chi connectivity index (χ3n) is 6.19. The maximum Gasteiger partial charge on any atom is 0.315 e. The number of hydrogen-bond donors (Lipinski definition) is 2. The van der Waals surface area contributed by atoms with Crippen molar-refractivity contribution in [2.75, 3.05) is 31.0 Å². The zero-order chi connectivity index (χ0) is 24.3. The van der Waals surface area contributed by atoms with Crippen LogP contribution in [0.25, 0.3) is 10.8 Å². The number of hydrogen-bond acceptors (Lipinski definition) is 7.